The average molecular weight is 322 g/mol. The van der Waals surface area contributed by atoms with E-state index < -0.39 is 23.8 Å². The zero-order valence-electron chi connectivity index (χ0n) is 9.30. The van der Waals surface area contributed by atoms with E-state index in [9.17, 15) is 14.4 Å². The number of rotatable bonds is 2. The molecule has 1 aliphatic heterocycles. The number of carbonyl (C=O) groups excluding carboxylic acids is 3. The molecule has 1 saturated heterocycles. The minimum Gasteiger partial charge on any atom is -0.340 e. The van der Waals surface area contributed by atoms with Gasteiger partial charge in [-0.3, -0.25) is 19.7 Å². The molecule has 0 saturated carbocycles. The molecule has 100 valence electrons. The van der Waals surface area contributed by atoms with Gasteiger partial charge in [0.1, 0.15) is 6.04 Å². The van der Waals surface area contributed by atoms with Crippen LogP contribution in [0.5, 0.6) is 0 Å². The fraction of sp³-hybridized carbons (Fsp3) is 0.182. The van der Waals surface area contributed by atoms with Gasteiger partial charge in [-0.15, -0.1) is 0 Å². The second-order valence-corrected chi connectivity index (χ2v) is 5.14. The SMILES string of the molecule is O=C1C[C@H](NC(=O)c2c(Cl)cc(Cl)cc2Cl)C(=O)N1. The van der Waals surface area contributed by atoms with Crippen LogP contribution in [-0.2, 0) is 9.59 Å². The number of carbonyl (C=O) groups is 3. The molecule has 1 fully saturated rings. The van der Waals surface area contributed by atoms with Gasteiger partial charge < -0.3 is 5.32 Å². The molecular formula is C11H7Cl3N2O3. The van der Waals surface area contributed by atoms with Crippen LogP contribution >= 0.6 is 34.8 Å². The molecule has 1 atom stereocenters. The van der Waals surface area contributed by atoms with Crippen LogP contribution in [0.1, 0.15) is 16.8 Å². The van der Waals surface area contributed by atoms with Crippen molar-refractivity contribution in [3.8, 4) is 0 Å². The number of nitrogens with one attached hydrogen (secondary N) is 2. The van der Waals surface area contributed by atoms with E-state index in [2.05, 4.69) is 10.6 Å². The van der Waals surface area contributed by atoms with Crippen molar-refractivity contribution in [1.82, 2.24) is 10.6 Å². The van der Waals surface area contributed by atoms with Crippen molar-refractivity contribution >= 4 is 52.5 Å². The topological polar surface area (TPSA) is 75.3 Å². The van der Waals surface area contributed by atoms with Crippen LogP contribution in [0.3, 0.4) is 0 Å². The van der Waals surface area contributed by atoms with Crippen LogP contribution in [0.15, 0.2) is 12.1 Å². The summed E-state index contributed by atoms with van der Waals surface area (Å²) < 4.78 is 0. The van der Waals surface area contributed by atoms with Crippen molar-refractivity contribution in [2.24, 2.45) is 0 Å². The first kappa shape index (κ1) is 14.1. The third kappa shape index (κ3) is 3.00. The quantitative estimate of drug-likeness (QED) is 0.816. The molecule has 3 amide bonds. The van der Waals surface area contributed by atoms with E-state index in [1.807, 2.05) is 0 Å². The number of amides is 3. The predicted octanol–water partition coefficient (Wildman–Crippen LogP) is 1.79. The molecular weight excluding hydrogens is 314 g/mol. The molecule has 1 aliphatic rings. The summed E-state index contributed by atoms with van der Waals surface area (Å²) in [6, 6.07) is 1.82. The van der Waals surface area contributed by atoms with E-state index >= 15 is 0 Å². The van der Waals surface area contributed by atoms with E-state index in [0.717, 1.165) is 0 Å². The van der Waals surface area contributed by atoms with Crippen LogP contribution in [0.4, 0.5) is 0 Å². The van der Waals surface area contributed by atoms with E-state index in [1.165, 1.54) is 12.1 Å². The highest BCUT2D eigenvalue weighted by Gasteiger charge is 2.32. The summed E-state index contributed by atoms with van der Waals surface area (Å²) >= 11 is 17.5. The van der Waals surface area contributed by atoms with Crippen molar-refractivity contribution in [2.45, 2.75) is 12.5 Å². The highest BCUT2D eigenvalue weighted by molar-refractivity contribution is 6.42. The van der Waals surface area contributed by atoms with Gasteiger partial charge in [-0.25, -0.2) is 0 Å². The molecule has 1 aromatic rings. The van der Waals surface area contributed by atoms with E-state index in [-0.39, 0.29) is 22.0 Å². The van der Waals surface area contributed by atoms with Crippen molar-refractivity contribution in [3.63, 3.8) is 0 Å². The Morgan fingerprint density at radius 1 is 1.21 bits per heavy atom. The van der Waals surface area contributed by atoms with Gasteiger partial charge in [0.15, 0.2) is 0 Å². The number of hydrogen-bond acceptors (Lipinski definition) is 3. The van der Waals surface area contributed by atoms with Crippen molar-refractivity contribution in [2.75, 3.05) is 0 Å². The summed E-state index contributed by atoms with van der Waals surface area (Å²) in [5.74, 6) is -1.63. The molecule has 0 spiro atoms. The van der Waals surface area contributed by atoms with Gasteiger partial charge in [0.05, 0.1) is 22.0 Å². The fourth-order valence-corrected chi connectivity index (χ4v) is 2.65. The lowest BCUT2D eigenvalue weighted by atomic mass is 10.1. The lowest BCUT2D eigenvalue weighted by Crippen LogP contribution is -2.40. The molecule has 0 aromatic heterocycles. The van der Waals surface area contributed by atoms with Gasteiger partial charge in [0.25, 0.3) is 5.91 Å². The standard InChI is InChI=1S/C11H7Cl3N2O3/c12-4-1-5(13)9(6(14)2-4)11(19)15-7-3-8(17)16-10(7)18/h1-2,7H,3H2,(H,15,19)(H,16,17,18)/t7-/m0/s1. The summed E-state index contributed by atoms with van der Waals surface area (Å²) in [5.41, 5.74) is 0.0138. The predicted molar refractivity (Wildman–Crippen MR) is 70.5 cm³/mol. The maximum absolute atomic E-state index is 12.0. The maximum Gasteiger partial charge on any atom is 0.254 e. The molecule has 2 N–H and O–H groups in total. The van der Waals surface area contributed by atoms with Gasteiger partial charge in [-0.05, 0) is 12.1 Å². The Morgan fingerprint density at radius 2 is 1.79 bits per heavy atom. The van der Waals surface area contributed by atoms with Gasteiger partial charge in [-0.1, -0.05) is 34.8 Å². The van der Waals surface area contributed by atoms with Gasteiger partial charge in [0, 0.05) is 5.02 Å². The average Bonchev–Trinajstić information content (AvgIpc) is 2.55. The minimum atomic E-state index is -0.914. The molecule has 0 aliphatic carbocycles. The first-order valence-electron chi connectivity index (χ1n) is 5.17. The molecule has 5 nitrogen and oxygen atoms in total. The lowest BCUT2D eigenvalue weighted by molar-refractivity contribution is -0.125. The Morgan fingerprint density at radius 3 is 2.26 bits per heavy atom. The second-order valence-electron chi connectivity index (χ2n) is 3.89. The highest BCUT2D eigenvalue weighted by Crippen LogP contribution is 2.29. The summed E-state index contributed by atoms with van der Waals surface area (Å²) in [6.07, 6.45) is -0.104. The van der Waals surface area contributed by atoms with Gasteiger partial charge in [-0.2, -0.15) is 0 Å². The Labute approximate surface area is 123 Å². The van der Waals surface area contributed by atoms with Gasteiger partial charge >= 0.3 is 0 Å². The molecule has 0 radical (unpaired) electrons. The van der Waals surface area contributed by atoms with Crippen molar-refractivity contribution in [3.05, 3.63) is 32.8 Å². The summed E-state index contributed by atoms with van der Waals surface area (Å²) in [7, 11) is 0. The Hall–Kier alpha value is -1.30. The lowest BCUT2D eigenvalue weighted by Gasteiger charge is -2.11. The van der Waals surface area contributed by atoms with E-state index in [4.69, 9.17) is 34.8 Å². The van der Waals surface area contributed by atoms with Crippen LogP contribution in [-0.4, -0.2) is 23.8 Å². The molecule has 0 unspecified atom stereocenters. The van der Waals surface area contributed by atoms with Crippen molar-refractivity contribution in [1.29, 1.82) is 0 Å². The number of halogens is 3. The molecule has 1 heterocycles. The Balaban J connectivity index is 2.21. The minimum absolute atomic E-state index is 0.0138. The van der Waals surface area contributed by atoms with Crippen LogP contribution in [0.25, 0.3) is 0 Å². The summed E-state index contributed by atoms with van der Waals surface area (Å²) in [4.78, 5) is 34.3. The first-order chi connectivity index (χ1) is 8.88. The summed E-state index contributed by atoms with van der Waals surface area (Å²) in [5, 5.41) is 4.91. The third-order valence-electron chi connectivity index (χ3n) is 2.51. The molecule has 19 heavy (non-hydrogen) atoms. The van der Waals surface area contributed by atoms with Crippen molar-refractivity contribution < 1.29 is 14.4 Å². The zero-order valence-corrected chi connectivity index (χ0v) is 11.6. The Bertz CT molecular complexity index is 566. The Kier molecular flexibility index (Phi) is 3.99. The number of hydrogen-bond donors (Lipinski definition) is 2. The third-order valence-corrected chi connectivity index (χ3v) is 3.32. The van der Waals surface area contributed by atoms with Crippen LogP contribution in [0, 0.1) is 0 Å². The maximum atomic E-state index is 12.0. The second kappa shape index (κ2) is 5.36. The molecule has 2 rings (SSSR count). The summed E-state index contributed by atoms with van der Waals surface area (Å²) in [6.45, 7) is 0. The molecule has 8 heteroatoms. The van der Waals surface area contributed by atoms with E-state index in [1.54, 1.807) is 0 Å². The van der Waals surface area contributed by atoms with E-state index in [0.29, 0.717) is 5.02 Å². The fourth-order valence-electron chi connectivity index (χ4n) is 1.66. The largest absolute Gasteiger partial charge is 0.340 e. The first-order valence-corrected chi connectivity index (χ1v) is 6.31. The molecule has 0 bridgehead atoms. The zero-order chi connectivity index (χ0) is 14.2. The van der Waals surface area contributed by atoms with Crippen LogP contribution in [0.2, 0.25) is 15.1 Å². The van der Waals surface area contributed by atoms with Crippen LogP contribution < -0.4 is 10.6 Å². The number of imide groups is 1. The van der Waals surface area contributed by atoms with Gasteiger partial charge in [0.2, 0.25) is 11.8 Å². The number of benzene rings is 1. The normalized spacial score (nSPS) is 18.4. The monoisotopic (exact) mass is 320 g/mol. The highest BCUT2D eigenvalue weighted by atomic mass is 35.5. The molecule has 1 aromatic carbocycles. The smallest absolute Gasteiger partial charge is 0.254 e.